The predicted octanol–water partition coefficient (Wildman–Crippen LogP) is 1.40. The largest absolute Gasteiger partial charge is 0.476 e. The first-order chi connectivity index (χ1) is 9.61. The maximum absolute atomic E-state index is 10.8. The van der Waals surface area contributed by atoms with Gasteiger partial charge in [-0.05, 0) is 36.5 Å². The van der Waals surface area contributed by atoms with Crippen molar-refractivity contribution in [2.75, 3.05) is 0 Å². The van der Waals surface area contributed by atoms with Crippen molar-refractivity contribution >= 4 is 5.97 Å². The van der Waals surface area contributed by atoms with Gasteiger partial charge in [-0.1, -0.05) is 25.0 Å². The normalized spacial score (nSPS) is 16.6. The fraction of sp³-hybridized carbons (Fsp3) is 0.357. The van der Waals surface area contributed by atoms with Crippen molar-refractivity contribution in [1.29, 1.82) is 0 Å². The highest BCUT2D eigenvalue weighted by Crippen LogP contribution is 2.34. The predicted molar refractivity (Wildman–Crippen MR) is 74.5 cm³/mol. The van der Waals surface area contributed by atoms with Crippen LogP contribution in [0, 0.1) is 0 Å². The molecule has 20 heavy (non-hydrogen) atoms. The number of hydrogen-bond acceptors (Lipinski definition) is 5. The third-order valence-electron chi connectivity index (χ3n) is 3.53. The Labute approximate surface area is 117 Å². The fourth-order valence-electron chi connectivity index (χ4n) is 2.44. The first-order valence-corrected chi connectivity index (χ1v) is 6.59. The van der Waals surface area contributed by atoms with E-state index in [4.69, 9.17) is 21.4 Å². The Balaban J connectivity index is 2.10. The first kappa shape index (κ1) is 14.2. The van der Waals surface area contributed by atoms with Gasteiger partial charge in [0, 0.05) is 0 Å². The topological polar surface area (TPSA) is 111 Å². The zero-order valence-electron chi connectivity index (χ0n) is 11.1. The molecule has 0 aliphatic heterocycles. The summed E-state index contributed by atoms with van der Waals surface area (Å²) in [6.07, 6.45) is 5.01. The molecule has 0 atom stereocenters. The van der Waals surface area contributed by atoms with Gasteiger partial charge in [-0.25, -0.2) is 10.6 Å². The zero-order valence-corrected chi connectivity index (χ0v) is 11.1. The van der Waals surface area contributed by atoms with Gasteiger partial charge in [0.2, 0.25) is 5.88 Å². The maximum Gasteiger partial charge on any atom is 0.357 e. The van der Waals surface area contributed by atoms with Crippen molar-refractivity contribution in [3.05, 3.63) is 41.4 Å². The standard InChI is InChI=1S/C14H19N3O3/c15-12(14(18)19)13(17-16)20-11-7-5-10(6-8-11)9-3-1-2-4-9/h5-9,17H,1-4,15-16H2,(H,18,19)/b13-12+. The SMILES string of the molecule is NN/C(Oc1ccc(C2CCCC2)cc1)=C(\N)C(=O)O. The molecule has 6 N–H and O–H groups in total. The summed E-state index contributed by atoms with van der Waals surface area (Å²) in [4.78, 5) is 10.8. The molecule has 1 fully saturated rings. The Morgan fingerprint density at radius 3 is 2.35 bits per heavy atom. The second kappa shape index (κ2) is 6.29. The molecule has 0 bridgehead atoms. The van der Waals surface area contributed by atoms with Crippen LogP contribution in [0.15, 0.2) is 35.8 Å². The number of nitrogens with two attached hydrogens (primary N) is 2. The molecule has 0 saturated heterocycles. The number of hydrazine groups is 1. The molecule has 0 radical (unpaired) electrons. The Kier molecular flexibility index (Phi) is 4.47. The van der Waals surface area contributed by atoms with E-state index in [1.54, 1.807) is 12.1 Å². The molecule has 0 heterocycles. The summed E-state index contributed by atoms with van der Waals surface area (Å²) in [5.41, 5.74) is 8.33. The lowest BCUT2D eigenvalue weighted by Crippen LogP contribution is -2.31. The second-order valence-electron chi connectivity index (χ2n) is 4.84. The van der Waals surface area contributed by atoms with Gasteiger partial charge in [-0.15, -0.1) is 0 Å². The number of carboxylic acids is 1. The summed E-state index contributed by atoms with van der Waals surface area (Å²) >= 11 is 0. The quantitative estimate of drug-likeness (QED) is 0.280. The van der Waals surface area contributed by atoms with Gasteiger partial charge in [0.05, 0.1) is 0 Å². The number of benzene rings is 1. The van der Waals surface area contributed by atoms with Gasteiger partial charge in [0.1, 0.15) is 5.75 Å². The number of rotatable bonds is 5. The van der Waals surface area contributed by atoms with E-state index in [1.807, 2.05) is 12.1 Å². The van der Waals surface area contributed by atoms with Crippen LogP contribution in [0.2, 0.25) is 0 Å². The maximum atomic E-state index is 10.8. The van der Waals surface area contributed by atoms with E-state index in [0.717, 1.165) is 0 Å². The van der Waals surface area contributed by atoms with Crippen molar-refractivity contribution in [2.45, 2.75) is 31.6 Å². The zero-order chi connectivity index (χ0) is 14.5. The van der Waals surface area contributed by atoms with Crippen molar-refractivity contribution < 1.29 is 14.6 Å². The van der Waals surface area contributed by atoms with Gasteiger partial charge in [-0.2, -0.15) is 0 Å². The lowest BCUT2D eigenvalue weighted by atomic mass is 9.98. The highest BCUT2D eigenvalue weighted by Gasteiger charge is 2.17. The Morgan fingerprint density at radius 2 is 1.85 bits per heavy atom. The molecule has 1 aromatic rings. The third-order valence-corrected chi connectivity index (χ3v) is 3.53. The van der Waals surface area contributed by atoms with Gasteiger partial charge in [-0.3, -0.25) is 5.43 Å². The molecule has 108 valence electrons. The summed E-state index contributed by atoms with van der Waals surface area (Å²) in [7, 11) is 0. The first-order valence-electron chi connectivity index (χ1n) is 6.59. The molecular formula is C14H19N3O3. The number of ether oxygens (including phenoxy) is 1. The Hall–Kier alpha value is -2.21. The number of hydrogen-bond donors (Lipinski definition) is 4. The Bertz CT molecular complexity index is 505. The molecule has 1 aliphatic carbocycles. The Morgan fingerprint density at radius 1 is 1.25 bits per heavy atom. The van der Waals surface area contributed by atoms with Crippen LogP contribution in [0.25, 0.3) is 0 Å². The van der Waals surface area contributed by atoms with Crippen LogP contribution in [0.1, 0.15) is 37.2 Å². The van der Waals surface area contributed by atoms with Crippen LogP contribution in [0.3, 0.4) is 0 Å². The van der Waals surface area contributed by atoms with Crippen LogP contribution >= 0.6 is 0 Å². The molecular weight excluding hydrogens is 258 g/mol. The minimum Gasteiger partial charge on any atom is -0.476 e. The fourth-order valence-corrected chi connectivity index (χ4v) is 2.44. The van der Waals surface area contributed by atoms with E-state index in [1.165, 1.54) is 31.2 Å². The molecule has 1 saturated carbocycles. The van der Waals surface area contributed by atoms with Gasteiger partial charge < -0.3 is 15.6 Å². The van der Waals surface area contributed by atoms with Crippen LogP contribution in [0.4, 0.5) is 0 Å². The molecule has 0 spiro atoms. The highest BCUT2D eigenvalue weighted by atomic mass is 16.5. The summed E-state index contributed by atoms with van der Waals surface area (Å²) in [5.74, 6) is 4.86. The monoisotopic (exact) mass is 277 g/mol. The van der Waals surface area contributed by atoms with Crippen LogP contribution < -0.4 is 21.7 Å². The molecule has 0 amide bonds. The lowest BCUT2D eigenvalue weighted by molar-refractivity contribution is -0.132. The van der Waals surface area contributed by atoms with E-state index in [9.17, 15) is 4.79 Å². The van der Waals surface area contributed by atoms with Gasteiger partial charge >= 0.3 is 5.97 Å². The number of carbonyl (C=O) groups is 1. The lowest BCUT2D eigenvalue weighted by Gasteiger charge is -2.13. The average Bonchev–Trinajstić information content (AvgIpc) is 2.98. The summed E-state index contributed by atoms with van der Waals surface area (Å²) < 4.78 is 5.34. The van der Waals surface area contributed by atoms with Crippen molar-refractivity contribution in [1.82, 2.24) is 5.43 Å². The highest BCUT2D eigenvalue weighted by molar-refractivity contribution is 5.85. The molecule has 0 aromatic heterocycles. The van der Waals surface area contributed by atoms with E-state index >= 15 is 0 Å². The van der Waals surface area contributed by atoms with Gasteiger partial charge in [0.15, 0.2) is 5.70 Å². The molecule has 1 aliphatic rings. The van der Waals surface area contributed by atoms with Crippen molar-refractivity contribution in [2.24, 2.45) is 11.6 Å². The minimum absolute atomic E-state index is 0.175. The summed E-state index contributed by atoms with van der Waals surface area (Å²) in [6.45, 7) is 0. The van der Waals surface area contributed by atoms with Crippen molar-refractivity contribution in [3.63, 3.8) is 0 Å². The molecule has 6 nitrogen and oxygen atoms in total. The molecule has 2 rings (SSSR count). The minimum atomic E-state index is -1.29. The molecule has 0 unspecified atom stereocenters. The van der Waals surface area contributed by atoms with Gasteiger partial charge in [0.25, 0.3) is 0 Å². The molecule has 6 heteroatoms. The second-order valence-corrected chi connectivity index (χ2v) is 4.84. The third kappa shape index (κ3) is 3.21. The van der Waals surface area contributed by atoms with Crippen LogP contribution in [-0.2, 0) is 4.79 Å². The molecule has 1 aromatic carbocycles. The van der Waals surface area contributed by atoms with Crippen LogP contribution in [-0.4, -0.2) is 11.1 Å². The smallest absolute Gasteiger partial charge is 0.357 e. The summed E-state index contributed by atoms with van der Waals surface area (Å²) in [6, 6.07) is 7.58. The van der Waals surface area contributed by atoms with Crippen LogP contribution in [0.5, 0.6) is 5.75 Å². The van der Waals surface area contributed by atoms with Crippen molar-refractivity contribution in [3.8, 4) is 5.75 Å². The van der Waals surface area contributed by atoms with E-state index in [2.05, 4.69) is 5.43 Å². The number of nitrogens with one attached hydrogen (secondary N) is 1. The number of aliphatic carboxylic acids is 1. The van der Waals surface area contributed by atoms with E-state index < -0.39 is 11.7 Å². The van der Waals surface area contributed by atoms with E-state index in [-0.39, 0.29) is 5.88 Å². The van der Waals surface area contributed by atoms with E-state index in [0.29, 0.717) is 11.7 Å². The number of carboxylic acid groups (broad SMARTS) is 1. The average molecular weight is 277 g/mol. The summed E-state index contributed by atoms with van der Waals surface area (Å²) in [5, 5.41) is 8.79.